The van der Waals surface area contributed by atoms with Crippen LogP contribution in [0.4, 0.5) is 45.8 Å². The molecule has 1 aromatic heterocycles. The molecule has 0 amide bonds. The van der Waals surface area contributed by atoms with Gasteiger partial charge in [0.2, 0.25) is 15.9 Å². The monoisotopic (exact) mass is 805 g/mol. The molecule has 10 nitrogen and oxygen atoms in total. The topological polar surface area (TPSA) is 127 Å². The molecule has 5 heterocycles. The summed E-state index contributed by atoms with van der Waals surface area (Å²) in [5, 5.41) is 11.7. The van der Waals surface area contributed by atoms with E-state index in [1.54, 1.807) is 6.07 Å². The molecular weight excluding hydrogens is 771 g/mol. The van der Waals surface area contributed by atoms with E-state index in [1.807, 2.05) is 4.90 Å². The van der Waals surface area contributed by atoms with Crippen molar-refractivity contribution >= 4 is 48.0 Å². The number of benzene rings is 2. The molecule has 0 saturated carbocycles. The van der Waals surface area contributed by atoms with E-state index >= 15 is 30.7 Å². The second kappa shape index (κ2) is 12.9. The van der Waals surface area contributed by atoms with Crippen molar-refractivity contribution in [1.82, 2.24) is 14.1 Å². The second-order valence-corrected chi connectivity index (χ2v) is 17.5. The lowest BCUT2D eigenvalue weighted by atomic mass is 9.86. The Hall–Kier alpha value is -3.77. The first-order chi connectivity index (χ1) is 25.1. The van der Waals surface area contributed by atoms with Gasteiger partial charge in [0, 0.05) is 68.1 Å². The zero-order valence-electron chi connectivity index (χ0n) is 29.1. The number of nitrogens with zero attached hydrogens (tertiary/aromatic N) is 5. The van der Waals surface area contributed by atoms with E-state index < -0.39 is 101 Å². The number of rotatable bonds is 6. The summed E-state index contributed by atoms with van der Waals surface area (Å²) in [6, 6.07) is 2.98. The second-order valence-electron chi connectivity index (χ2n) is 14.4. The SMILES string of the molecule is CN(C1=NC(C)(OCC23CCCN2CC(F)C3)Nc2c1cc(C(F)(F)F)c(-c1ccc(F)c3sc(N)c(C#N)c13)c2C(F)(F)F)C1CCN(S(C)(=O)=O)C1. The first-order valence-electron chi connectivity index (χ1n) is 16.9. The number of nitrogen functional groups attached to an aromatic ring is 1. The molecule has 4 aliphatic rings. The Labute approximate surface area is 309 Å². The van der Waals surface area contributed by atoms with Gasteiger partial charge in [0.15, 0.2) is 0 Å². The van der Waals surface area contributed by atoms with E-state index in [4.69, 9.17) is 10.5 Å². The Morgan fingerprint density at radius 3 is 2.52 bits per heavy atom. The predicted octanol–water partition coefficient (Wildman–Crippen LogP) is 6.60. The molecule has 7 rings (SSSR count). The zero-order valence-corrected chi connectivity index (χ0v) is 30.8. The fraction of sp³-hybridized carbons (Fsp3) is 0.529. The summed E-state index contributed by atoms with van der Waals surface area (Å²) in [5.74, 6) is -3.40. The van der Waals surface area contributed by atoms with Crippen LogP contribution in [0.15, 0.2) is 23.2 Å². The van der Waals surface area contributed by atoms with E-state index in [9.17, 15) is 18.1 Å². The number of likely N-dealkylation sites (N-methyl/N-ethyl adjacent to an activating group) is 1. The molecule has 3 fully saturated rings. The van der Waals surface area contributed by atoms with Crippen LogP contribution in [-0.4, -0.2) is 98.0 Å². The molecule has 0 bridgehead atoms. The molecule has 3 N–H and O–H groups in total. The number of thiophene rings is 1. The van der Waals surface area contributed by atoms with Crippen molar-refractivity contribution in [2.24, 2.45) is 4.99 Å². The van der Waals surface area contributed by atoms with Crippen molar-refractivity contribution in [2.75, 3.05) is 57.1 Å². The Balaban J connectivity index is 1.48. The van der Waals surface area contributed by atoms with Gasteiger partial charge in [-0.2, -0.15) is 31.6 Å². The van der Waals surface area contributed by atoms with E-state index in [0.29, 0.717) is 30.4 Å². The Morgan fingerprint density at radius 1 is 1.17 bits per heavy atom. The maximum Gasteiger partial charge on any atom is 0.419 e. The molecule has 4 aliphatic heterocycles. The minimum absolute atomic E-state index is 0.0504. The number of hydrogen-bond donors (Lipinski definition) is 2. The highest BCUT2D eigenvalue weighted by Gasteiger charge is 2.52. The quantitative estimate of drug-likeness (QED) is 0.267. The first-order valence-corrected chi connectivity index (χ1v) is 19.6. The van der Waals surface area contributed by atoms with Gasteiger partial charge < -0.3 is 20.7 Å². The number of anilines is 2. The van der Waals surface area contributed by atoms with Gasteiger partial charge in [0.05, 0.1) is 39.9 Å². The number of ether oxygens (including phenoxy) is 1. The molecule has 3 aromatic rings. The molecule has 0 aliphatic carbocycles. The maximum absolute atomic E-state index is 15.7. The Kier molecular flexibility index (Phi) is 9.20. The number of sulfonamides is 1. The predicted molar refractivity (Wildman–Crippen MR) is 187 cm³/mol. The van der Waals surface area contributed by atoms with Gasteiger partial charge in [0.1, 0.15) is 28.9 Å². The molecule has 2 aromatic carbocycles. The summed E-state index contributed by atoms with van der Waals surface area (Å²) in [6.45, 7) is 1.79. The van der Waals surface area contributed by atoms with Crippen molar-refractivity contribution in [3.63, 3.8) is 0 Å². The molecule has 54 heavy (non-hydrogen) atoms. The Bertz CT molecular complexity index is 2220. The van der Waals surface area contributed by atoms with Crippen molar-refractivity contribution in [3.8, 4) is 17.2 Å². The summed E-state index contributed by atoms with van der Waals surface area (Å²) >= 11 is 0.519. The van der Waals surface area contributed by atoms with Crippen molar-refractivity contribution in [1.29, 1.82) is 5.26 Å². The lowest BCUT2D eigenvalue weighted by Gasteiger charge is -2.42. The van der Waals surface area contributed by atoms with Crippen LogP contribution in [0.5, 0.6) is 0 Å². The minimum Gasteiger partial charge on any atom is -0.389 e. The molecular formula is C34H35F8N7O3S2. The number of nitrogens with one attached hydrogen (secondary N) is 1. The van der Waals surface area contributed by atoms with Crippen LogP contribution in [0.25, 0.3) is 21.2 Å². The van der Waals surface area contributed by atoms with Crippen LogP contribution in [0.3, 0.4) is 0 Å². The summed E-state index contributed by atoms with van der Waals surface area (Å²) < 4.78 is 154. The number of nitriles is 1. The normalized spacial score (nSPS) is 26.4. The number of alkyl halides is 7. The smallest absolute Gasteiger partial charge is 0.389 e. The number of aliphatic imine (C=N–C) groups is 1. The first kappa shape index (κ1) is 38.5. The van der Waals surface area contributed by atoms with Gasteiger partial charge >= 0.3 is 12.4 Å². The third-order valence-electron chi connectivity index (χ3n) is 10.9. The molecule has 3 saturated heterocycles. The van der Waals surface area contributed by atoms with Gasteiger partial charge in [-0.25, -0.2) is 26.5 Å². The van der Waals surface area contributed by atoms with Gasteiger partial charge in [0.25, 0.3) is 0 Å². The lowest BCUT2D eigenvalue weighted by molar-refractivity contribution is -0.141. The zero-order chi connectivity index (χ0) is 39.3. The molecule has 292 valence electrons. The fourth-order valence-corrected chi connectivity index (χ4v) is 10.2. The number of nitrogens with two attached hydrogens (primary N) is 1. The largest absolute Gasteiger partial charge is 0.419 e. The number of hydrogen-bond acceptors (Lipinski definition) is 10. The summed E-state index contributed by atoms with van der Waals surface area (Å²) in [4.78, 5) is 7.87. The van der Waals surface area contributed by atoms with Crippen LogP contribution >= 0.6 is 11.3 Å². The molecule has 0 spiro atoms. The van der Waals surface area contributed by atoms with Gasteiger partial charge in [-0.15, -0.1) is 11.3 Å². The van der Waals surface area contributed by atoms with Crippen LogP contribution in [0.2, 0.25) is 0 Å². The summed E-state index contributed by atoms with van der Waals surface area (Å²) in [6.07, 6.45) is -9.56. The van der Waals surface area contributed by atoms with Gasteiger partial charge in [-0.1, -0.05) is 6.07 Å². The van der Waals surface area contributed by atoms with Crippen LogP contribution in [0, 0.1) is 17.1 Å². The van der Waals surface area contributed by atoms with Crippen molar-refractivity contribution in [3.05, 3.63) is 46.3 Å². The van der Waals surface area contributed by atoms with E-state index in [2.05, 4.69) is 10.3 Å². The fourth-order valence-electron chi connectivity index (χ4n) is 8.37. The molecule has 4 unspecified atom stereocenters. The highest BCUT2D eigenvalue weighted by molar-refractivity contribution is 7.88. The number of fused-ring (bicyclic) bond motifs is 3. The number of amidine groups is 1. The average Bonchev–Trinajstić information content (AvgIpc) is 3.84. The minimum atomic E-state index is -5.51. The average molecular weight is 806 g/mol. The maximum atomic E-state index is 15.7. The lowest BCUT2D eigenvalue weighted by Crippen LogP contribution is -2.51. The molecule has 20 heteroatoms. The van der Waals surface area contributed by atoms with Crippen LogP contribution in [0.1, 0.15) is 54.9 Å². The van der Waals surface area contributed by atoms with E-state index in [1.165, 1.54) is 18.9 Å². The standard InChI is InChI=1S/C34H35F8N7O3S2/c1-31(52-16-32-8-4-9-48(32)14-17(35)12-32)45-27-20(30(46-31)47(2)18-7-10-49(15-18)54(3,50)51)11-22(33(37,38)39)25(26(27)34(40,41)42)19-5-6-23(36)28-24(19)21(13-43)29(44)53-28/h5-6,11,17-18,45H,4,7-10,12,14-16,44H2,1-3H3. The molecule has 0 radical (unpaired) electrons. The van der Waals surface area contributed by atoms with Gasteiger partial charge in [-0.05, 0) is 43.5 Å². The highest BCUT2D eigenvalue weighted by Crippen LogP contribution is 2.54. The highest BCUT2D eigenvalue weighted by atomic mass is 32.2. The number of halogens is 8. The molecule has 4 atom stereocenters. The van der Waals surface area contributed by atoms with Crippen LogP contribution < -0.4 is 11.1 Å². The van der Waals surface area contributed by atoms with E-state index in [-0.39, 0.29) is 49.9 Å². The summed E-state index contributed by atoms with van der Waals surface area (Å²) in [5.41, 5.74) is -2.39. The van der Waals surface area contributed by atoms with Crippen molar-refractivity contribution < 1.29 is 48.3 Å². The van der Waals surface area contributed by atoms with Crippen molar-refractivity contribution in [2.45, 2.75) is 68.6 Å². The summed E-state index contributed by atoms with van der Waals surface area (Å²) in [7, 11) is -2.29. The van der Waals surface area contributed by atoms with E-state index in [0.717, 1.165) is 29.1 Å². The van der Waals surface area contributed by atoms with Gasteiger partial charge in [-0.3, -0.25) is 4.90 Å². The van der Waals surface area contributed by atoms with Crippen LogP contribution in [-0.2, 0) is 27.1 Å². The third kappa shape index (κ3) is 6.44. The third-order valence-corrected chi connectivity index (χ3v) is 13.2. The Morgan fingerprint density at radius 2 is 1.89 bits per heavy atom.